The molecule has 30 heavy (non-hydrogen) atoms. The van der Waals surface area contributed by atoms with Crippen LogP contribution in [-0.4, -0.2) is 10.2 Å². The summed E-state index contributed by atoms with van der Waals surface area (Å²) in [5, 5.41) is 20.2. The predicted octanol–water partition coefficient (Wildman–Crippen LogP) is 7.33. The van der Waals surface area contributed by atoms with Crippen molar-refractivity contribution in [1.29, 1.82) is 0 Å². The first kappa shape index (κ1) is 19.8. The van der Waals surface area contributed by atoms with Crippen molar-refractivity contribution in [2.45, 2.75) is 27.7 Å². The van der Waals surface area contributed by atoms with E-state index in [-0.39, 0.29) is 11.5 Å². The van der Waals surface area contributed by atoms with E-state index in [0.29, 0.717) is 5.56 Å². The zero-order valence-electron chi connectivity index (χ0n) is 17.8. The van der Waals surface area contributed by atoms with E-state index in [4.69, 9.17) is 0 Å². The maximum atomic E-state index is 10.5. The van der Waals surface area contributed by atoms with Gasteiger partial charge in [0.1, 0.15) is 11.5 Å². The van der Waals surface area contributed by atoms with Gasteiger partial charge in [-0.2, -0.15) is 0 Å². The largest absolute Gasteiger partial charge is 0.508 e. The van der Waals surface area contributed by atoms with Crippen LogP contribution < -0.4 is 0 Å². The zero-order chi connectivity index (χ0) is 21.4. The first-order valence-corrected chi connectivity index (χ1v) is 10.1. The van der Waals surface area contributed by atoms with Crippen LogP contribution in [0.25, 0.3) is 33.4 Å². The van der Waals surface area contributed by atoms with Crippen molar-refractivity contribution in [3.8, 4) is 44.9 Å². The number of hydrogen-bond acceptors (Lipinski definition) is 2. The van der Waals surface area contributed by atoms with Crippen LogP contribution in [0.2, 0.25) is 0 Å². The third-order valence-electron chi connectivity index (χ3n) is 5.61. The van der Waals surface area contributed by atoms with Crippen molar-refractivity contribution in [3.63, 3.8) is 0 Å². The molecule has 0 fully saturated rings. The van der Waals surface area contributed by atoms with Crippen LogP contribution in [0.3, 0.4) is 0 Å². The molecule has 0 aliphatic heterocycles. The quantitative estimate of drug-likeness (QED) is 0.382. The van der Waals surface area contributed by atoms with Gasteiger partial charge in [0.25, 0.3) is 0 Å². The Balaban J connectivity index is 1.98. The van der Waals surface area contributed by atoms with Crippen LogP contribution in [0.15, 0.2) is 72.8 Å². The fourth-order valence-electron chi connectivity index (χ4n) is 4.13. The van der Waals surface area contributed by atoms with Gasteiger partial charge in [-0.15, -0.1) is 0 Å². The number of hydrogen-bond donors (Lipinski definition) is 2. The van der Waals surface area contributed by atoms with Gasteiger partial charge in [-0.3, -0.25) is 0 Å². The van der Waals surface area contributed by atoms with Gasteiger partial charge in [0, 0.05) is 11.6 Å². The lowest BCUT2D eigenvalue weighted by Gasteiger charge is -2.15. The zero-order valence-corrected chi connectivity index (χ0v) is 17.8. The van der Waals surface area contributed by atoms with Crippen LogP contribution in [-0.2, 0) is 0 Å². The van der Waals surface area contributed by atoms with Crippen LogP contribution in [0, 0.1) is 27.7 Å². The Labute approximate surface area is 178 Å². The van der Waals surface area contributed by atoms with Crippen LogP contribution in [0.1, 0.15) is 22.3 Å². The number of rotatable bonds is 3. The van der Waals surface area contributed by atoms with Gasteiger partial charge in [-0.25, -0.2) is 0 Å². The molecule has 0 atom stereocenters. The van der Waals surface area contributed by atoms with Gasteiger partial charge in [-0.1, -0.05) is 47.5 Å². The summed E-state index contributed by atoms with van der Waals surface area (Å²) >= 11 is 0. The number of benzene rings is 4. The molecule has 0 bridgehead atoms. The van der Waals surface area contributed by atoms with Crippen LogP contribution in [0.4, 0.5) is 0 Å². The Morgan fingerprint density at radius 2 is 0.900 bits per heavy atom. The molecule has 4 aromatic carbocycles. The standard InChI is InChI=1S/C28H26O2/c1-17-5-8-25(19(3)11-17)21-13-22(26-9-6-18(2)12-20(26)4)15-23(14-21)27-10-7-24(29)16-28(27)30/h5-16,29-30H,1-4H3. The maximum absolute atomic E-state index is 10.5. The number of aryl methyl sites for hydroxylation is 4. The van der Waals surface area contributed by atoms with E-state index in [1.807, 2.05) is 0 Å². The molecule has 2 heteroatoms. The van der Waals surface area contributed by atoms with Crippen LogP contribution in [0.5, 0.6) is 11.5 Å². The minimum atomic E-state index is 0.0522. The third-order valence-corrected chi connectivity index (χ3v) is 5.61. The summed E-state index contributed by atoms with van der Waals surface area (Å²) in [7, 11) is 0. The molecule has 2 nitrogen and oxygen atoms in total. The van der Waals surface area contributed by atoms with Crippen molar-refractivity contribution in [3.05, 3.63) is 95.1 Å². The Bertz CT molecular complexity index is 1080. The molecule has 0 radical (unpaired) electrons. The lowest BCUT2D eigenvalue weighted by molar-refractivity contribution is 0.452. The van der Waals surface area contributed by atoms with Gasteiger partial charge >= 0.3 is 0 Å². The molecule has 0 saturated heterocycles. The van der Waals surface area contributed by atoms with E-state index < -0.39 is 0 Å². The normalized spacial score (nSPS) is 10.9. The van der Waals surface area contributed by atoms with Gasteiger partial charge in [0.05, 0.1) is 0 Å². The topological polar surface area (TPSA) is 40.5 Å². The summed E-state index contributed by atoms with van der Waals surface area (Å²) in [6.07, 6.45) is 0. The molecular weight excluding hydrogens is 368 g/mol. The number of phenols is 2. The van der Waals surface area contributed by atoms with E-state index in [9.17, 15) is 10.2 Å². The van der Waals surface area contributed by atoms with Gasteiger partial charge in [0.2, 0.25) is 0 Å². The first-order valence-electron chi connectivity index (χ1n) is 10.1. The highest BCUT2D eigenvalue weighted by atomic mass is 16.3. The molecule has 0 amide bonds. The highest BCUT2D eigenvalue weighted by molar-refractivity contribution is 5.84. The molecule has 0 spiro atoms. The molecule has 0 unspecified atom stereocenters. The average molecular weight is 395 g/mol. The van der Waals surface area contributed by atoms with Crippen LogP contribution >= 0.6 is 0 Å². The maximum Gasteiger partial charge on any atom is 0.127 e. The van der Waals surface area contributed by atoms with Crippen molar-refractivity contribution < 1.29 is 10.2 Å². The Hall–Kier alpha value is -3.52. The summed E-state index contributed by atoms with van der Waals surface area (Å²) in [6, 6.07) is 24.1. The number of phenolic OH excluding ortho intramolecular Hbond substituents is 2. The van der Waals surface area contributed by atoms with Gasteiger partial charge < -0.3 is 10.2 Å². The average Bonchev–Trinajstić information content (AvgIpc) is 2.67. The Morgan fingerprint density at radius 3 is 1.33 bits per heavy atom. The molecule has 0 aliphatic carbocycles. The third kappa shape index (κ3) is 3.81. The minimum absolute atomic E-state index is 0.0522. The molecule has 2 N–H and O–H groups in total. The Morgan fingerprint density at radius 1 is 0.467 bits per heavy atom. The van der Waals surface area contributed by atoms with E-state index in [1.54, 1.807) is 12.1 Å². The molecule has 0 aromatic heterocycles. The summed E-state index contributed by atoms with van der Waals surface area (Å²) in [6.45, 7) is 8.46. The second-order valence-corrected chi connectivity index (χ2v) is 8.14. The van der Waals surface area contributed by atoms with E-state index in [1.165, 1.54) is 39.4 Å². The van der Waals surface area contributed by atoms with Crippen molar-refractivity contribution in [2.75, 3.05) is 0 Å². The lowest BCUT2D eigenvalue weighted by Crippen LogP contribution is -1.91. The molecule has 0 aliphatic rings. The van der Waals surface area contributed by atoms with E-state index in [0.717, 1.165) is 16.7 Å². The summed E-state index contributed by atoms with van der Waals surface area (Å²) in [5.41, 5.74) is 11.1. The molecule has 150 valence electrons. The first-order chi connectivity index (χ1) is 14.3. The SMILES string of the molecule is Cc1ccc(-c2cc(-c3ccc(C)cc3C)cc(-c3ccc(O)cc3O)c2)c(C)c1. The predicted molar refractivity (Wildman–Crippen MR) is 125 cm³/mol. The summed E-state index contributed by atoms with van der Waals surface area (Å²) in [5.74, 6) is 0.121. The lowest BCUT2D eigenvalue weighted by atomic mass is 9.89. The fraction of sp³-hybridized carbons (Fsp3) is 0.143. The molecule has 0 heterocycles. The highest BCUT2D eigenvalue weighted by Gasteiger charge is 2.13. The second-order valence-electron chi connectivity index (χ2n) is 8.14. The molecule has 4 aromatic rings. The van der Waals surface area contributed by atoms with Gasteiger partial charge in [-0.05, 0) is 97.0 Å². The molecule has 4 rings (SSSR count). The smallest absolute Gasteiger partial charge is 0.127 e. The molecular formula is C28H26O2. The second kappa shape index (κ2) is 7.72. The minimum Gasteiger partial charge on any atom is -0.508 e. The highest BCUT2D eigenvalue weighted by Crippen LogP contribution is 2.39. The summed E-state index contributed by atoms with van der Waals surface area (Å²) in [4.78, 5) is 0. The monoisotopic (exact) mass is 394 g/mol. The van der Waals surface area contributed by atoms with Crippen molar-refractivity contribution in [2.24, 2.45) is 0 Å². The fourth-order valence-corrected chi connectivity index (χ4v) is 4.13. The van der Waals surface area contributed by atoms with Gasteiger partial charge in [0.15, 0.2) is 0 Å². The molecule has 0 saturated carbocycles. The van der Waals surface area contributed by atoms with Crippen molar-refractivity contribution >= 4 is 0 Å². The number of aromatic hydroxyl groups is 2. The summed E-state index contributed by atoms with van der Waals surface area (Å²) < 4.78 is 0. The van der Waals surface area contributed by atoms with E-state index in [2.05, 4.69) is 82.3 Å². The van der Waals surface area contributed by atoms with E-state index >= 15 is 0 Å². The Kier molecular flexibility index (Phi) is 5.09. The van der Waals surface area contributed by atoms with Crippen molar-refractivity contribution in [1.82, 2.24) is 0 Å².